The molecule has 0 aromatic carbocycles. The van der Waals surface area contributed by atoms with Crippen molar-refractivity contribution in [2.45, 2.75) is 30.6 Å². The molecule has 0 radical (unpaired) electrons. The highest BCUT2D eigenvalue weighted by atomic mass is 32.2. The topological polar surface area (TPSA) is 49.4 Å². The third-order valence-corrected chi connectivity index (χ3v) is 5.98. The van der Waals surface area contributed by atoms with E-state index >= 15 is 0 Å². The van der Waals surface area contributed by atoms with Crippen LogP contribution < -0.4 is 5.32 Å². The first-order valence-corrected chi connectivity index (χ1v) is 7.44. The summed E-state index contributed by atoms with van der Waals surface area (Å²) in [5.41, 5.74) is 0. The molecule has 5 heteroatoms. The number of piperidine rings is 1. The SMILES string of the molecule is O=C1CS(=O)C2(CCNCC2)N1CC1CC1. The van der Waals surface area contributed by atoms with Gasteiger partial charge in [-0.05, 0) is 44.7 Å². The van der Waals surface area contributed by atoms with Crippen LogP contribution in [0, 0.1) is 5.92 Å². The molecule has 3 rings (SSSR count). The van der Waals surface area contributed by atoms with Gasteiger partial charge >= 0.3 is 0 Å². The van der Waals surface area contributed by atoms with E-state index in [-0.39, 0.29) is 16.5 Å². The predicted octanol–water partition coefficient (Wildman–Crippen LogP) is 0.0670. The van der Waals surface area contributed by atoms with Crippen molar-refractivity contribution in [2.75, 3.05) is 25.4 Å². The number of carbonyl (C=O) groups excluding carboxylic acids is 1. The lowest BCUT2D eigenvalue weighted by Gasteiger charge is -2.40. The fourth-order valence-electron chi connectivity index (χ4n) is 2.82. The van der Waals surface area contributed by atoms with Gasteiger partial charge in [-0.25, -0.2) is 0 Å². The lowest BCUT2D eigenvalue weighted by Crippen LogP contribution is -2.54. The Labute approximate surface area is 98.2 Å². The van der Waals surface area contributed by atoms with Crippen LogP contribution in [0.4, 0.5) is 0 Å². The highest BCUT2D eigenvalue weighted by Crippen LogP contribution is 2.39. The van der Waals surface area contributed by atoms with E-state index in [1.165, 1.54) is 12.8 Å². The van der Waals surface area contributed by atoms with Gasteiger partial charge in [0.2, 0.25) is 5.91 Å². The van der Waals surface area contributed by atoms with Crippen molar-refractivity contribution in [2.24, 2.45) is 5.92 Å². The second-order valence-corrected chi connectivity index (χ2v) is 6.87. The Bertz CT molecular complexity index is 335. The van der Waals surface area contributed by atoms with Crippen molar-refractivity contribution in [3.05, 3.63) is 0 Å². The molecule has 0 bridgehead atoms. The van der Waals surface area contributed by atoms with Crippen molar-refractivity contribution in [1.29, 1.82) is 0 Å². The molecule has 90 valence electrons. The maximum atomic E-state index is 12.2. The molecule has 1 N–H and O–H groups in total. The second-order valence-electron chi connectivity index (χ2n) is 5.13. The van der Waals surface area contributed by atoms with E-state index in [4.69, 9.17) is 0 Å². The molecule has 1 atom stereocenters. The monoisotopic (exact) mass is 242 g/mol. The molecular formula is C11H18N2O2S. The predicted molar refractivity (Wildman–Crippen MR) is 62.3 cm³/mol. The zero-order chi connectivity index (χ0) is 11.2. The molecule has 1 aliphatic carbocycles. The molecule has 0 aromatic heterocycles. The summed E-state index contributed by atoms with van der Waals surface area (Å²) >= 11 is 0. The van der Waals surface area contributed by atoms with Gasteiger partial charge in [-0.1, -0.05) is 0 Å². The van der Waals surface area contributed by atoms with Crippen LogP contribution in [0.1, 0.15) is 25.7 Å². The Balaban J connectivity index is 1.85. The van der Waals surface area contributed by atoms with Crippen molar-refractivity contribution in [3.8, 4) is 0 Å². The summed E-state index contributed by atoms with van der Waals surface area (Å²) < 4.78 is 12.2. The average molecular weight is 242 g/mol. The molecule has 2 saturated heterocycles. The molecule has 3 aliphatic rings. The zero-order valence-electron chi connectivity index (χ0n) is 9.41. The van der Waals surface area contributed by atoms with Gasteiger partial charge in [0, 0.05) is 6.54 Å². The minimum Gasteiger partial charge on any atom is -0.324 e. The Hall–Kier alpha value is -0.420. The standard InChI is InChI=1S/C11H18N2O2S/c14-10-8-16(15)11(3-5-12-6-4-11)13(10)7-9-1-2-9/h9,12H,1-8H2. The van der Waals surface area contributed by atoms with Crippen LogP contribution >= 0.6 is 0 Å². The maximum Gasteiger partial charge on any atom is 0.236 e. The lowest BCUT2D eigenvalue weighted by molar-refractivity contribution is -0.131. The highest BCUT2D eigenvalue weighted by molar-refractivity contribution is 7.87. The van der Waals surface area contributed by atoms with Gasteiger partial charge in [0.15, 0.2) is 0 Å². The van der Waals surface area contributed by atoms with Crippen molar-refractivity contribution < 1.29 is 9.00 Å². The van der Waals surface area contributed by atoms with Crippen LogP contribution in [0.15, 0.2) is 0 Å². The van der Waals surface area contributed by atoms with E-state index < -0.39 is 10.8 Å². The largest absolute Gasteiger partial charge is 0.324 e. The maximum absolute atomic E-state index is 12.2. The Kier molecular flexibility index (Phi) is 2.55. The summed E-state index contributed by atoms with van der Waals surface area (Å²) in [4.78, 5) is 13.6. The van der Waals surface area contributed by atoms with Gasteiger partial charge in [-0.15, -0.1) is 0 Å². The first-order chi connectivity index (χ1) is 7.72. The van der Waals surface area contributed by atoms with Crippen LogP contribution in [-0.2, 0) is 15.6 Å². The lowest BCUT2D eigenvalue weighted by atomic mass is 10.0. The van der Waals surface area contributed by atoms with Crippen molar-refractivity contribution in [3.63, 3.8) is 0 Å². The number of rotatable bonds is 2. The second kappa shape index (κ2) is 3.81. The Morgan fingerprint density at radius 3 is 2.69 bits per heavy atom. The quantitative estimate of drug-likeness (QED) is 0.745. The summed E-state index contributed by atoms with van der Waals surface area (Å²) in [6, 6.07) is 0. The highest BCUT2D eigenvalue weighted by Gasteiger charge is 2.52. The summed E-state index contributed by atoms with van der Waals surface area (Å²) in [5.74, 6) is 1.06. The van der Waals surface area contributed by atoms with Gasteiger partial charge in [-0.2, -0.15) is 0 Å². The van der Waals surface area contributed by atoms with Gasteiger partial charge in [0.25, 0.3) is 0 Å². The molecule has 1 amide bonds. The smallest absolute Gasteiger partial charge is 0.236 e. The first kappa shape index (κ1) is 10.7. The zero-order valence-corrected chi connectivity index (χ0v) is 10.2. The fraction of sp³-hybridized carbons (Fsp3) is 0.909. The van der Waals surface area contributed by atoms with Crippen LogP contribution in [-0.4, -0.2) is 45.3 Å². The van der Waals surface area contributed by atoms with Crippen LogP contribution in [0.25, 0.3) is 0 Å². The van der Waals surface area contributed by atoms with Gasteiger partial charge < -0.3 is 10.2 Å². The molecule has 1 spiro atoms. The molecule has 16 heavy (non-hydrogen) atoms. The molecule has 3 fully saturated rings. The summed E-state index contributed by atoms with van der Waals surface area (Å²) in [5, 5.41) is 3.29. The minimum atomic E-state index is -0.980. The normalized spacial score (nSPS) is 33.6. The first-order valence-electron chi connectivity index (χ1n) is 6.12. The van der Waals surface area contributed by atoms with E-state index in [2.05, 4.69) is 5.32 Å². The number of nitrogens with zero attached hydrogens (tertiary/aromatic N) is 1. The number of amides is 1. The molecule has 0 aromatic rings. The Morgan fingerprint density at radius 1 is 1.38 bits per heavy atom. The van der Waals surface area contributed by atoms with E-state index in [0.29, 0.717) is 5.92 Å². The van der Waals surface area contributed by atoms with Crippen molar-refractivity contribution in [1.82, 2.24) is 10.2 Å². The van der Waals surface area contributed by atoms with Gasteiger partial charge in [0.1, 0.15) is 10.6 Å². The van der Waals surface area contributed by atoms with Crippen LogP contribution in [0.2, 0.25) is 0 Å². The fourth-order valence-corrected chi connectivity index (χ4v) is 4.55. The van der Waals surface area contributed by atoms with E-state index in [9.17, 15) is 9.00 Å². The number of hydrogen-bond acceptors (Lipinski definition) is 3. The summed E-state index contributed by atoms with van der Waals surface area (Å²) in [6.45, 7) is 2.63. The summed E-state index contributed by atoms with van der Waals surface area (Å²) in [6.07, 6.45) is 4.20. The number of hydrogen-bond donors (Lipinski definition) is 1. The van der Waals surface area contributed by atoms with E-state index in [1.54, 1.807) is 0 Å². The molecule has 2 heterocycles. The number of carbonyl (C=O) groups is 1. The molecule has 1 saturated carbocycles. The van der Waals surface area contributed by atoms with Crippen LogP contribution in [0.5, 0.6) is 0 Å². The third-order valence-electron chi connectivity index (χ3n) is 3.99. The van der Waals surface area contributed by atoms with Gasteiger partial charge in [-0.3, -0.25) is 9.00 Å². The van der Waals surface area contributed by atoms with Gasteiger partial charge in [0.05, 0.1) is 10.8 Å². The number of nitrogens with one attached hydrogen (secondary N) is 1. The molecular weight excluding hydrogens is 224 g/mol. The van der Waals surface area contributed by atoms with Crippen molar-refractivity contribution >= 4 is 16.7 Å². The molecule has 1 unspecified atom stereocenters. The minimum absolute atomic E-state index is 0.118. The third kappa shape index (κ3) is 1.61. The van der Waals surface area contributed by atoms with Crippen LogP contribution in [0.3, 0.4) is 0 Å². The summed E-state index contributed by atoms with van der Waals surface area (Å²) in [7, 11) is -0.980. The molecule has 2 aliphatic heterocycles. The Morgan fingerprint density at radius 2 is 2.06 bits per heavy atom. The van der Waals surface area contributed by atoms with E-state index in [0.717, 1.165) is 32.5 Å². The average Bonchev–Trinajstić information content (AvgIpc) is 3.06. The van der Waals surface area contributed by atoms with E-state index in [1.807, 2.05) is 4.90 Å². The molecule has 4 nitrogen and oxygen atoms in total.